The summed E-state index contributed by atoms with van der Waals surface area (Å²) >= 11 is 0. The van der Waals surface area contributed by atoms with Crippen LogP contribution in [0.25, 0.3) is 10.9 Å². The maximum absolute atomic E-state index is 13.9. The van der Waals surface area contributed by atoms with Crippen LogP contribution in [0.15, 0.2) is 54.6 Å². The zero-order chi connectivity index (χ0) is 18.5. The summed E-state index contributed by atoms with van der Waals surface area (Å²) in [5.41, 5.74) is 1.83. The minimum atomic E-state index is -0.407. The van der Waals surface area contributed by atoms with Gasteiger partial charge in [0.15, 0.2) is 0 Å². The number of anilines is 1. The van der Waals surface area contributed by atoms with Crippen molar-refractivity contribution in [3.05, 3.63) is 71.7 Å². The molecule has 3 aromatic rings. The minimum Gasteiger partial charge on any atom is -0.359 e. The van der Waals surface area contributed by atoms with Crippen LogP contribution in [0.2, 0.25) is 0 Å². The normalized spacial score (nSPS) is 10.5. The molecular formula is C20H18FN3O2. The van der Waals surface area contributed by atoms with E-state index < -0.39 is 5.82 Å². The molecule has 0 saturated carbocycles. The van der Waals surface area contributed by atoms with E-state index in [4.69, 9.17) is 0 Å². The van der Waals surface area contributed by atoms with Crippen LogP contribution in [0.5, 0.6) is 0 Å². The van der Waals surface area contributed by atoms with Gasteiger partial charge in [0, 0.05) is 24.5 Å². The number of hydrogen-bond acceptors (Lipinski definition) is 3. The number of para-hydroxylation sites is 1. The molecule has 0 saturated heterocycles. The second-order valence-corrected chi connectivity index (χ2v) is 5.82. The van der Waals surface area contributed by atoms with E-state index in [1.54, 1.807) is 6.07 Å². The fraction of sp³-hybridized carbons (Fsp3) is 0.150. The van der Waals surface area contributed by atoms with Crippen LogP contribution in [0.3, 0.4) is 0 Å². The quantitative estimate of drug-likeness (QED) is 0.741. The summed E-state index contributed by atoms with van der Waals surface area (Å²) in [6, 6.07) is 15.3. The molecule has 26 heavy (non-hydrogen) atoms. The number of carbonyl (C=O) groups excluding carboxylic acids is 2. The number of hydrogen-bond donors (Lipinski definition) is 2. The molecule has 2 amide bonds. The summed E-state index contributed by atoms with van der Waals surface area (Å²) in [6.07, 6.45) is 0.431. The van der Waals surface area contributed by atoms with E-state index in [1.807, 2.05) is 30.3 Å². The highest BCUT2D eigenvalue weighted by atomic mass is 19.1. The minimum absolute atomic E-state index is 0.167. The zero-order valence-corrected chi connectivity index (χ0v) is 14.3. The maximum atomic E-state index is 13.9. The second-order valence-electron chi connectivity index (χ2n) is 5.82. The van der Waals surface area contributed by atoms with Crippen molar-refractivity contribution in [3.63, 3.8) is 0 Å². The maximum Gasteiger partial charge on any atom is 0.274 e. The van der Waals surface area contributed by atoms with Crippen molar-refractivity contribution in [3.8, 4) is 0 Å². The number of pyridine rings is 1. The van der Waals surface area contributed by atoms with E-state index in [1.165, 1.54) is 25.2 Å². The van der Waals surface area contributed by atoms with Gasteiger partial charge < -0.3 is 10.6 Å². The number of benzene rings is 2. The number of amides is 2. The third-order valence-corrected chi connectivity index (χ3v) is 4.03. The number of halogens is 1. The van der Waals surface area contributed by atoms with Gasteiger partial charge in [-0.25, -0.2) is 9.37 Å². The number of carbonyl (C=O) groups is 2. The molecule has 6 heteroatoms. The lowest BCUT2D eigenvalue weighted by Crippen LogP contribution is -2.18. The molecule has 0 aliphatic heterocycles. The molecule has 0 aliphatic rings. The molecule has 1 heterocycles. The number of aryl methyl sites for hydroxylation is 1. The van der Waals surface area contributed by atoms with Crippen molar-refractivity contribution in [1.82, 2.24) is 10.3 Å². The van der Waals surface area contributed by atoms with E-state index in [0.717, 1.165) is 10.9 Å². The molecule has 0 aliphatic carbocycles. The topological polar surface area (TPSA) is 71.1 Å². The Bertz CT molecular complexity index is 972. The smallest absolute Gasteiger partial charge is 0.274 e. The van der Waals surface area contributed by atoms with Gasteiger partial charge in [0.2, 0.25) is 5.91 Å². The number of rotatable bonds is 5. The van der Waals surface area contributed by atoms with Gasteiger partial charge in [-0.1, -0.05) is 24.3 Å². The predicted molar refractivity (Wildman–Crippen MR) is 98.5 cm³/mol. The van der Waals surface area contributed by atoms with Crippen molar-refractivity contribution in [2.75, 3.05) is 12.4 Å². The SMILES string of the molecule is CNC(=O)CCc1cc(NC(=O)c2ccc3ccccc3n2)ccc1F. The first-order valence-corrected chi connectivity index (χ1v) is 8.23. The van der Waals surface area contributed by atoms with Gasteiger partial charge >= 0.3 is 0 Å². The Balaban J connectivity index is 1.76. The van der Waals surface area contributed by atoms with Crippen LogP contribution in [0.1, 0.15) is 22.5 Å². The molecule has 0 unspecified atom stereocenters. The van der Waals surface area contributed by atoms with Gasteiger partial charge in [0.05, 0.1) is 5.52 Å². The average molecular weight is 351 g/mol. The van der Waals surface area contributed by atoms with Crippen molar-refractivity contribution in [1.29, 1.82) is 0 Å². The Morgan fingerprint density at radius 3 is 2.69 bits per heavy atom. The highest BCUT2D eigenvalue weighted by molar-refractivity contribution is 6.04. The molecule has 3 rings (SSSR count). The van der Waals surface area contributed by atoms with Crippen LogP contribution in [0, 0.1) is 5.82 Å². The lowest BCUT2D eigenvalue weighted by atomic mass is 10.1. The first-order chi connectivity index (χ1) is 12.6. The second kappa shape index (κ2) is 7.74. The first kappa shape index (κ1) is 17.5. The molecule has 2 N–H and O–H groups in total. The first-order valence-electron chi connectivity index (χ1n) is 8.23. The van der Waals surface area contributed by atoms with Crippen LogP contribution < -0.4 is 10.6 Å². The Hall–Kier alpha value is -3.28. The largest absolute Gasteiger partial charge is 0.359 e. The molecule has 1 aromatic heterocycles. The van der Waals surface area contributed by atoms with Crippen LogP contribution in [-0.2, 0) is 11.2 Å². The standard InChI is InChI=1S/C20H18FN3O2/c1-22-19(25)11-7-14-12-15(8-9-16(14)21)23-20(26)18-10-6-13-4-2-3-5-17(13)24-18/h2-6,8-10,12H,7,11H2,1H3,(H,22,25)(H,23,26). The molecule has 0 atom stereocenters. The Labute approximate surface area is 150 Å². The summed E-state index contributed by atoms with van der Waals surface area (Å²) in [5.74, 6) is -0.949. The van der Waals surface area contributed by atoms with Gasteiger partial charge in [-0.15, -0.1) is 0 Å². The summed E-state index contributed by atoms with van der Waals surface area (Å²) in [7, 11) is 1.53. The average Bonchev–Trinajstić information content (AvgIpc) is 2.67. The number of nitrogens with zero attached hydrogens (tertiary/aromatic N) is 1. The molecule has 0 fully saturated rings. The van der Waals surface area contributed by atoms with Crippen molar-refractivity contribution >= 4 is 28.4 Å². The summed E-state index contributed by atoms with van der Waals surface area (Å²) in [6.45, 7) is 0. The van der Waals surface area contributed by atoms with Gasteiger partial charge in [0.1, 0.15) is 11.5 Å². The van der Waals surface area contributed by atoms with Crippen LogP contribution >= 0.6 is 0 Å². The Kier molecular flexibility index (Phi) is 5.22. The molecule has 0 radical (unpaired) electrons. The van der Waals surface area contributed by atoms with Gasteiger partial charge in [-0.2, -0.15) is 0 Å². The predicted octanol–water partition coefficient (Wildman–Crippen LogP) is 3.30. The highest BCUT2D eigenvalue weighted by Gasteiger charge is 2.11. The van der Waals surface area contributed by atoms with Crippen molar-refractivity contribution in [2.24, 2.45) is 0 Å². The molecular weight excluding hydrogens is 333 g/mol. The molecule has 0 spiro atoms. The fourth-order valence-corrected chi connectivity index (χ4v) is 2.60. The summed E-state index contributed by atoms with van der Waals surface area (Å²) in [5, 5.41) is 6.17. The van der Waals surface area contributed by atoms with E-state index in [9.17, 15) is 14.0 Å². The number of nitrogens with one attached hydrogen (secondary N) is 2. The Morgan fingerprint density at radius 1 is 1.08 bits per heavy atom. The monoisotopic (exact) mass is 351 g/mol. The van der Waals surface area contributed by atoms with Crippen LogP contribution in [-0.4, -0.2) is 23.8 Å². The lowest BCUT2D eigenvalue weighted by Gasteiger charge is -2.09. The van der Waals surface area contributed by atoms with E-state index in [2.05, 4.69) is 15.6 Å². The zero-order valence-electron chi connectivity index (χ0n) is 14.3. The molecule has 132 valence electrons. The van der Waals surface area contributed by atoms with E-state index in [-0.39, 0.29) is 30.3 Å². The third kappa shape index (κ3) is 4.03. The fourth-order valence-electron chi connectivity index (χ4n) is 2.60. The van der Waals surface area contributed by atoms with Crippen LogP contribution in [0.4, 0.5) is 10.1 Å². The summed E-state index contributed by atoms with van der Waals surface area (Å²) < 4.78 is 13.9. The molecule has 5 nitrogen and oxygen atoms in total. The third-order valence-electron chi connectivity index (χ3n) is 4.03. The Morgan fingerprint density at radius 2 is 1.88 bits per heavy atom. The molecule has 2 aromatic carbocycles. The van der Waals surface area contributed by atoms with E-state index in [0.29, 0.717) is 11.3 Å². The van der Waals surface area contributed by atoms with Gasteiger partial charge in [-0.05, 0) is 42.3 Å². The van der Waals surface area contributed by atoms with Crippen molar-refractivity contribution in [2.45, 2.75) is 12.8 Å². The highest BCUT2D eigenvalue weighted by Crippen LogP contribution is 2.18. The van der Waals surface area contributed by atoms with E-state index >= 15 is 0 Å². The number of aromatic nitrogens is 1. The summed E-state index contributed by atoms with van der Waals surface area (Å²) in [4.78, 5) is 28.1. The molecule has 0 bridgehead atoms. The van der Waals surface area contributed by atoms with Gasteiger partial charge in [0.25, 0.3) is 5.91 Å². The van der Waals surface area contributed by atoms with Gasteiger partial charge in [-0.3, -0.25) is 9.59 Å². The number of fused-ring (bicyclic) bond motifs is 1. The lowest BCUT2D eigenvalue weighted by molar-refractivity contribution is -0.120. The van der Waals surface area contributed by atoms with Crippen molar-refractivity contribution < 1.29 is 14.0 Å².